The van der Waals surface area contributed by atoms with Gasteiger partial charge in [0.05, 0.1) is 46.2 Å². The van der Waals surface area contributed by atoms with Crippen molar-refractivity contribution in [3.63, 3.8) is 0 Å². The maximum absolute atomic E-state index is 12.8. The second-order valence-electron chi connectivity index (χ2n) is 7.61. The quantitative estimate of drug-likeness (QED) is 0.219. The largest absolute Gasteiger partial charge is 0.497 e. The highest BCUT2D eigenvalue weighted by atomic mass is 79.9. The summed E-state index contributed by atoms with van der Waals surface area (Å²) in [5, 5.41) is 18.5. The number of anilines is 1. The maximum atomic E-state index is 12.8. The number of aryl methyl sites for hydroxylation is 1. The lowest BCUT2D eigenvalue weighted by Gasteiger charge is -2.09. The van der Waals surface area contributed by atoms with Crippen LogP contribution >= 0.6 is 15.9 Å². The molecule has 4 aromatic rings. The van der Waals surface area contributed by atoms with Gasteiger partial charge in [0.2, 0.25) is 0 Å². The van der Waals surface area contributed by atoms with Crippen molar-refractivity contribution in [2.24, 2.45) is 0 Å². The van der Waals surface area contributed by atoms with Gasteiger partial charge in [0.15, 0.2) is 5.76 Å². The summed E-state index contributed by atoms with van der Waals surface area (Å²) < 4.78 is 19.2. The number of hydrogen-bond donors (Lipinski definition) is 1. The second-order valence-corrected chi connectivity index (χ2v) is 8.41. The van der Waals surface area contributed by atoms with Crippen molar-refractivity contribution in [3.8, 4) is 17.2 Å². The predicted octanol–water partition coefficient (Wildman–Crippen LogP) is 5.87. The summed E-state index contributed by atoms with van der Waals surface area (Å²) in [7, 11) is 1.55. The van der Waals surface area contributed by atoms with E-state index in [-0.39, 0.29) is 22.9 Å². The maximum Gasteiger partial charge on any atom is 0.291 e. The molecule has 0 aliphatic rings. The molecule has 0 aliphatic carbocycles. The summed E-state index contributed by atoms with van der Waals surface area (Å²) in [6.07, 6.45) is 0. The fraction of sp³-hybridized carbons (Fsp3) is 0.167. The molecule has 0 radical (unpaired) electrons. The zero-order valence-corrected chi connectivity index (χ0v) is 20.7. The second kappa shape index (κ2) is 10.0. The Labute approximate surface area is 208 Å². The molecule has 2 aromatic heterocycles. The topological polar surface area (TPSA) is 122 Å². The number of nitro benzene ring substituents is 1. The first-order valence-electron chi connectivity index (χ1n) is 10.4. The lowest BCUT2D eigenvalue weighted by molar-refractivity contribution is -0.384. The van der Waals surface area contributed by atoms with Crippen molar-refractivity contribution in [3.05, 3.63) is 92.1 Å². The van der Waals surface area contributed by atoms with Crippen LogP contribution in [-0.4, -0.2) is 27.7 Å². The van der Waals surface area contributed by atoms with E-state index in [1.807, 2.05) is 13.8 Å². The van der Waals surface area contributed by atoms with E-state index < -0.39 is 10.8 Å². The van der Waals surface area contributed by atoms with Crippen molar-refractivity contribution in [2.45, 2.75) is 20.4 Å². The van der Waals surface area contributed by atoms with E-state index in [9.17, 15) is 14.9 Å². The molecular formula is C24H21BrN4O6. The molecule has 0 spiro atoms. The van der Waals surface area contributed by atoms with Crippen LogP contribution in [0.1, 0.15) is 27.7 Å². The Kier molecular flexibility index (Phi) is 6.87. The number of rotatable bonds is 8. The van der Waals surface area contributed by atoms with Gasteiger partial charge in [-0.1, -0.05) is 0 Å². The van der Waals surface area contributed by atoms with Crippen molar-refractivity contribution in [1.82, 2.24) is 9.78 Å². The number of benzene rings is 2. The number of aromatic nitrogens is 2. The number of halogens is 1. The molecule has 0 aliphatic heterocycles. The molecule has 11 heteroatoms. The van der Waals surface area contributed by atoms with Gasteiger partial charge in [0, 0.05) is 12.1 Å². The van der Waals surface area contributed by atoms with Crippen LogP contribution < -0.4 is 14.8 Å². The number of ether oxygens (including phenoxy) is 2. The molecule has 35 heavy (non-hydrogen) atoms. The highest BCUT2D eigenvalue weighted by Gasteiger charge is 2.17. The van der Waals surface area contributed by atoms with Gasteiger partial charge < -0.3 is 19.2 Å². The smallest absolute Gasteiger partial charge is 0.291 e. The average molecular weight is 541 g/mol. The van der Waals surface area contributed by atoms with Crippen molar-refractivity contribution < 1.29 is 23.6 Å². The number of methoxy groups -OCH3 is 1. The fourth-order valence-corrected chi connectivity index (χ4v) is 3.64. The van der Waals surface area contributed by atoms with Gasteiger partial charge >= 0.3 is 0 Å². The fourth-order valence-electron chi connectivity index (χ4n) is 3.35. The van der Waals surface area contributed by atoms with E-state index in [0.717, 1.165) is 15.9 Å². The molecule has 0 fully saturated rings. The third-order valence-corrected chi connectivity index (χ3v) is 6.29. The zero-order chi connectivity index (χ0) is 25.1. The molecule has 0 saturated heterocycles. The minimum absolute atomic E-state index is 0.0599. The number of hydrogen-bond acceptors (Lipinski definition) is 7. The molecule has 1 amide bonds. The van der Waals surface area contributed by atoms with Gasteiger partial charge in [-0.3, -0.25) is 19.6 Å². The number of nitrogens with one attached hydrogen (secondary N) is 1. The van der Waals surface area contributed by atoms with Crippen LogP contribution in [0.3, 0.4) is 0 Å². The third kappa shape index (κ3) is 5.52. The number of carbonyl (C=O) groups excluding carboxylic acids is 1. The summed E-state index contributed by atoms with van der Waals surface area (Å²) in [5.74, 6) is 1.33. The van der Waals surface area contributed by atoms with E-state index in [0.29, 0.717) is 23.8 Å². The SMILES string of the molecule is COc1ccc(Oc2cc(NC(=O)c3ccc(Cn4nc(C)c(Br)c4C)o3)cc([N+](=O)[O-])c2)cc1. The summed E-state index contributed by atoms with van der Waals surface area (Å²) in [6, 6.07) is 14.0. The molecule has 2 heterocycles. The predicted molar refractivity (Wildman–Crippen MR) is 131 cm³/mol. The highest BCUT2D eigenvalue weighted by Crippen LogP contribution is 2.31. The molecule has 180 valence electrons. The van der Waals surface area contributed by atoms with Gasteiger partial charge in [0.1, 0.15) is 23.0 Å². The van der Waals surface area contributed by atoms with Gasteiger partial charge in [-0.15, -0.1) is 0 Å². The van der Waals surface area contributed by atoms with Crippen LogP contribution in [0.5, 0.6) is 17.2 Å². The lowest BCUT2D eigenvalue weighted by Crippen LogP contribution is -2.11. The summed E-state index contributed by atoms with van der Waals surface area (Å²) in [6.45, 7) is 4.16. The zero-order valence-electron chi connectivity index (χ0n) is 19.1. The molecule has 0 saturated carbocycles. The minimum atomic E-state index is -0.561. The van der Waals surface area contributed by atoms with Crippen LogP contribution in [0.2, 0.25) is 0 Å². The first-order chi connectivity index (χ1) is 16.7. The van der Waals surface area contributed by atoms with E-state index in [1.165, 1.54) is 24.3 Å². The molecule has 4 rings (SSSR count). The molecule has 0 atom stereocenters. The molecule has 10 nitrogen and oxygen atoms in total. The molecular weight excluding hydrogens is 520 g/mol. The highest BCUT2D eigenvalue weighted by molar-refractivity contribution is 9.10. The van der Waals surface area contributed by atoms with Crippen LogP contribution in [0, 0.1) is 24.0 Å². The molecule has 1 N–H and O–H groups in total. The van der Waals surface area contributed by atoms with Gasteiger partial charge in [-0.05, 0) is 66.2 Å². The van der Waals surface area contributed by atoms with E-state index in [2.05, 4.69) is 26.3 Å². The Bertz CT molecular complexity index is 1390. The van der Waals surface area contributed by atoms with Crippen LogP contribution in [0.25, 0.3) is 0 Å². The number of furan rings is 1. The first kappa shape index (κ1) is 24.0. The third-order valence-electron chi connectivity index (χ3n) is 5.14. The average Bonchev–Trinajstić information content (AvgIpc) is 3.40. The minimum Gasteiger partial charge on any atom is -0.497 e. The first-order valence-corrected chi connectivity index (χ1v) is 11.2. The van der Waals surface area contributed by atoms with Gasteiger partial charge in [-0.25, -0.2) is 0 Å². The Morgan fingerprint density at radius 1 is 1.11 bits per heavy atom. The summed E-state index contributed by atoms with van der Waals surface area (Å²) in [4.78, 5) is 23.6. The number of nitro groups is 1. The Balaban J connectivity index is 1.51. The number of non-ortho nitro benzene ring substituents is 1. The Morgan fingerprint density at radius 2 is 1.83 bits per heavy atom. The van der Waals surface area contributed by atoms with Gasteiger partial charge in [-0.2, -0.15) is 5.10 Å². The summed E-state index contributed by atoms with van der Waals surface area (Å²) in [5.41, 5.74) is 1.74. The Morgan fingerprint density at radius 3 is 2.46 bits per heavy atom. The van der Waals surface area contributed by atoms with E-state index in [1.54, 1.807) is 42.1 Å². The normalized spacial score (nSPS) is 10.7. The molecule has 2 aromatic carbocycles. The van der Waals surface area contributed by atoms with Crippen molar-refractivity contribution in [1.29, 1.82) is 0 Å². The van der Waals surface area contributed by atoms with E-state index >= 15 is 0 Å². The van der Waals surface area contributed by atoms with Gasteiger partial charge in [0.25, 0.3) is 11.6 Å². The summed E-state index contributed by atoms with van der Waals surface area (Å²) >= 11 is 3.49. The van der Waals surface area contributed by atoms with Crippen LogP contribution in [-0.2, 0) is 6.54 Å². The standard InChI is InChI=1S/C24H21BrN4O6/c1-14-23(25)15(2)28(27-14)13-20-8-9-22(35-20)24(30)26-16-10-17(29(31)32)12-21(11-16)34-19-6-4-18(33-3)5-7-19/h4-12H,13H2,1-3H3,(H,26,30). The lowest BCUT2D eigenvalue weighted by atomic mass is 10.2. The Hall–Kier alpha value is -4.12. The van der Waals surface area contributed by atoms with Crippen LogP contribution in [0.4, 0.5) is 11.4 Å². The number of nitrogens with zero attached hydrogens (tertiary/aromatic N) is 3. The number of carbonyl (C=O) groups is 1. The number of amides is 1. The van der Waals surface area contributed by atoms with Crippen molar-refractivity contribution >= 4 is 33.2 Å². The monoisotopic (exact) mass is 540 g/mol. The van der Waals surface area contributed by atoms with Crippen molar-refractivity contribution in [2.75, 3.05) is 12.4 Å². The van der Waals surface area contributed by atoms with Crippen LogP contribution in [0.15, 0.2) is 63.5 Å². The molecule has 0 bridgehead atoms. The molecule has 0 unspecified atom stereocenters. The van der Waals surface area contributed by atoms with E-state index in [4.69, 9.17) is 13.9 Å².